The zero-order valence-electron chi connectivity index (χ0n) is 15.2. The molecule has 0 saturated heterocycles. The molecular weight excluding hydrogens is 339 g/mol. The first kappa shape index (κ1) is 17.1. The Morgan fingerprint density at radius 3 is 2.52 bits per heavy atom. The van der Waals surface area contributed by atoms with Gasteiger partial charge in [-0.15, -0.1) is 10.2 Å². The first-order chi connectivity index (χ1) is 13.2. The summed E-state index contributed by atoms with van der Waals surface area (Å²) in [7, 11) is 0. The Bertz CT molecular complexity index is 1130. The molecule has 5 heteroatoms. The molecule has 0 aliphatic carbocycles. The molecular formula is C22H19FN4. The fourth-order valence-electron chi connectivity index (χ4n) is 2.96. The van der Waals surface area contributed by atoms with Gasteiger partial charge in [0.15, 0.2) is 11.6 Å². The van der Waals surface area contributed by atoms with Gasteiger partial charge in [0.05, 0.1) is 0 Å². The van der Waals surface area contributed by atoms with Crippen molar-refractivity contribution < 1.29 is 4.39 Å². The fraction of sp³-hybridized carbons (Fsp3) is 0.136. The number of nitrogens with zero attached hydrogens (tertiary/aromatic N) is 4. The molecule has 27 heavy (non-hydrogen) atoms. The SMILES string of the molecule is CCc1ccc(-c2nc3cc(C)ccn3c2N=Nc2ccccc2F)cc1. The molecule has 2 heterocycles. The number of hydrogen-bond donors (Lipinski definition) is 0. The number of fused-ring (bicyclic) bond motifs is 1. The lowest BCUT2D eigenvalue weighted by molar-refractivity contribution is 0.628. The quantitative estimate of drug-likeness (QED) is 0.388. The molecule has 0 atom stereocenters. The number of halogens is 1. The van der Waals surface area contributed by atoms with E-state index in [1.807, 2.05) is 41.8 Å². The van der Waals surface area contributed by atoms with Crippen LogP contribution in [0.15, 0.2) is 77.1 Å². The van der Waals surface area contributed by atoms with E-state index in [1.165, 1.54) is 11.6 Å². The third kappa shape index (κ3) is 3.36. The third-order valence-electron chi connectivity index (χ3n) is 4.50. The fourth-order valence-corrected chi connectivity index (χ4v) is 2.96. The maximum absolute atomic E-state index is 13.9. The summed E-state index contributed by atoms with van der Waals surface area (Å²) >= 11 is 0. The maximum Gasteiger partial charge on any atom is 0.187 e. The van der Waals surface area contributed by atoms with Crippen molar-refractivity contribution in [1.29, 1.82) is 0 Å². The maximum atomic E-state index is 13.9. The van der Waals surface area contributed by atoms with Gasteiger partial charge in [-0.2, -0.15) is 0 Å². The van der Waals surface area contributed by atoms with Gasteiger partial charge in [0.25, 0.3) is 0 Å². The Morgan fingerprint density at radius 2 is 1.78 bits per heavy atom. The second-order valence-corrected chi connectivity index (χ2v) is 6.42. The van der Waals surface area contributed by atoms with Crippen LogP contribution in [-0.4, -0.2) is 9.38 Å². The van der Waals surface area contributed by atoms with Gasteiger partial charge in [-0.05, 0) is 48.7 Å². The van der Waals surface area contributed by atoms with E-state index in [1.54, 1.807) is 18.2 Å². The van der Waals surface area contributed by atoms with Crippen LogP contribution in [0.3, 0.4) is 0 Å². The van der Waals surface area contributed by atoms with Crippen molar-refractivity contribution >= 4 is 17.2 Å². The third-order valence-corrected chi connectivity index (χ3v) is 4.50. The Hall–Kier alpha value is -3.34. The van der Waals surface area contributed by atoms with Crippen LogP contribution in [0.4, 0.5) is 15.9 Å². The summed E-state index contributed by atoms with van der Waals surface area (Å²) < 4.78 is 15.8. The van der Waals surface area contributed by atoms with Crippen molar-refractivity contribution in [3.8, 4) is 11.3 Å². The summed E-state index contributed by atoms with van der Waals surface area (Å²) in [4.78, 5) is 4.75. The van der Waals surface area contributed by atoms with E-state index < -0.39 is 5.82 Å². The predicted molar refractivity (Wildman–Crippen MR) is 105 cm³/mol. The molecule has 4 nitrogen and oxygen atoms in total. The molecule has 134 valence electrons. The smallest absolute Gasteiger partial charge is 0.187 e. The van der Waals surface area contributed by atoms with E-state index in [2.05, 4.69) is 29.3 Å². The lowest BCUT2D eigenvalue weighted by Crippen LogP contribution is -1.84. The summed E-state index contributed by atoms with van der Waals surface area (Å²) in [5.74, 6) is 0.178. The van der Waals surface area contributed by atoms with Crippen molar-refractivity contribution in [2.45, 2.75) is 20.3 Å². The van der Waals surface area contributed by atoms with Crippen molar-refractivity contribution in [2.75, 3.05) is 0 Å². The molecule has 2 aromatic carbocycles. The Morgan fingerprint density at radius 1 is 1.00 bits per heavy atom. The minimum Gasteiger partial charge on any atom is -0.283 e. The zero-order chi connectivity index (χ0) is 18.8. The highest BCUT2D eigenvalue weighted by atomic mass is 19.1. The number of rotatable bonds is 4. The standard InChI is InChI=1S/C22H19FN4/c1-3-16-8-10-17(11-9-16)21-22(26-25-19-7-5-4-6-18(19)23)27-13-12-15(2)14-20(27)24-21/h4-14H,3H2,1-2H3. The number of hydrogen-bond acceptors (Lipinski definition) is 3. The lowest BCUT2D eigenvalue weighted by Gasteiger charge is -2.02. The summed E-state index contributed by atoms with van der Waals surface area (Å²) in [5.41, 5.74) is 5.03. The molecule has 4 rings (SSSR count). The van der Waals surface area contributed by atoms with Gasteiger partial charge in [0, 0.05) is 11.8 Å². The molecule has 0 fully saturated rings. The van der Waals surface area contributed by atoms with Gasteiger partial charge in [0.2, 0.25) is 0 Å². The van der Waals surface area contributed by atoms with E-state index >= 15 is 0 Å². The van der Waals surface area contributed by atoms with E-state index in [0.717, 1.165) is 28.9 Å². The number of imidazole rings is 1. The van der Waals surface area contributed by atoms with Crippen LogP contribution in [0.25, 0.3) is 16.9 Å². The van der Waals surface area contributed by atoms with Gasteiger partial charge < -0.3 is 0 Å². The number of pyridine rings is 1. The molecule has 4 aromatic rings. The molecule has 0 amide bonds. The minimum absolute atomic E-state index is 0.201. The molecule has 0 unspecified atom stereocenters. The second-order valence-electron chi connectivity index (χ2n) is 6.42. The highest BCUT2D eigenvalue weighted by Crippen LogP contribution is 2.33. The van der Waals surface area contributed by atoms with Gasteiger partial charge >= 0.3 is 0 Å². The summed E-state index contributed by atoms with van der Waals surface area (Å²) in [6.45, 7) is 4.14. The minimum atomic E-state index is -0.403. The Kier molecular flexibility index (Phi) is 4.50. The van der Waals surface area contributed by atoms with E-state index in [-0.39, 0.29) is 5.69 Å². The molecule has 0 aliphatic heterocycles. The average Bonchev–Trinajstić information content (AvgIpc) is 3.05. The van der Waals surface area contributed by atoms with Crippen LogP contribution in [-0.2, 0) is 6.42 Å². The lowest BCUT2D eigenvalue weighted by atomic mass is 10.1. The number of aromatic nitrogens is 2. The number of azo groups is 1. The number of aryl methyl sites for hydroxylation is 2. The highest BCUT2D eigenvalue weighted by Gasteiger charge is 2.14. The molecule has 0 radical (unpaired) electrons. The largest absolute Gasteiger partial charge is 0.283 e. The molecule has 2 aromatic heterocycles. The normalized spacial score (nSPS) is 11.5. The summed E-state index contributed by atoms with van der Waals surface area (Å²) in [5, 5.41) is 8.49. The molecule has 0 saturated carbocycles. The van der Waals surface area contributed by atoms with Crippen molar-refractivity contribution in [1.82, 2.24) is 9.38 Å². The summed E-state index contributed by atoms with van der Waals surface area (Å²) in [6, 6.07) is 18.6. The summed E-state index contributed by atoms with van der Waals surface area (Å²) in [6.07, 6.45) is 2.89. The van der Waals surface area contributed by atoms with Crippen LogP contribution in [0.5, 0.6) is 0 Å². The van der Waals surface area contributed by atoms with Crippen LogP contribution in [0, 0.1) is 12.7 Å². The molecule has 0 N–H and O–H groups in total. The Labute approximate surface area is 157 Å². The molecule has 0 bridgehead atoms. The first-order valence-electron chi connectivity index (χ1n) is 8.90. The number of benzene rings is 2. The predicted octanol–water partition coefficient (Wildman–Crippen LogP) is 6.43. The van der Waals surface area contributed by atoms with Crippen LogP contribution in [0.1, 0.15) is 18.1 Å². The Balaban J connectivity index is 1.87. The van der Waals surface area contributed by atoms with E-state index in [9.17, 15) is 4.39 Å². The second kappa shape index (κ2) is 7.11. The highest BCUT2D eigenvalue weighted by molar-refractivity contribution is 5.74. The van der Waals surface area contributed by atoms with Crippen molar-refractivity contribution in [3.63, 3.8) is 0 Å². The van der Waals surface area contributed by atoms with Gasteiger partial charge in [-0.1, -0.05) is 43.3 Å². The van der Waals surface area contributed by atoms with E-state index in [4.69, 9.17) is 4.98 Å². The van der Waals surface area contributed by atoms with Crippen molar-refractivity contribution in [3.05, 3.63) is 83.8 Å². The van der Waals surface area contributed by atoms with Gasteiger partial charge in [0.1, 0.15) is 17.0 Å². The average molecular weight is 358 g/mol. The van der Waals surface area contributed by atoms with Crippen LogP contribution in [0.2, 0.25) is 0 Å². The van der Waals surface area contributed by atoms with Gasteiger partial charge in [-0.25, -0.2) is 9.37 Å². The zero-order valence-corrected chi connectivity index (χ0v) is 15.2. The van der Waals surface area contributed by atoms with Gasteiger partial charge in [-0.3, -0.25) is 4.40 Å². The first-order valence-corrected chi connectivity index (χ1v) is 8.90. The van der Waals surface area contributed by atoms with Crippen LogP contribution < -0.4 is 0 Å². The van der Waals surface area contributed by atoms with Crippen molar-refractivity contribution in [2.24, 2.45) is 10.2 Å². The monoisotopic (exact) mass is 358 g/mol. The van der Waals surface area contributed by atoms with Crippen LogP contribution >= 0.6 is 0 Å². The topological polar surface area (TPSA) is 42.0 Å². The molecule has 0 aliphatic rings. The molecule has 0 spiro atoms. The van der Waals surface area contributed by atoms with E-state index in [0.29, 0.717) is 5.82 Å².